The minimum atomic E-state index is 0.318. The highest BCUT2D eigenvalue weighted by Gasteiger charge is 2.21. The summed E-state index contributed by atoms with van der Waals surface area (Å²) < 4.78 is 8.81. The van der Waals surface area contributed by atoms with Gasteiger partial charge >= 0.3 is 0 Å². The van der Waals surface area contributed by atoms with Crippen LogP contribution in [-0.4, -0.2) is 16.2 Å². The number of ether oxygens (including phenoxy) is 1. The lowest BCUT2D eigenvalue weighted by Gasteiger charge is -2.27. The molecule has 1 N–H and O–H groups in total. The number of hydrogen-bond acceptors (Lipinski definition) is 3. The minimum Gasteiger partial charge on any atom is -0.493 e. The van der Waals surface area contributed by atoms with Gasteiger partial charge in [-0.3, -0.25) is 0 Å². The van der Waals surface area contributed by atoms with Crippen LogP contribution in [0.15, 0.2) is 35.1 Å². The zero-order chi connectivity index (χ0) is 13.2. The number of fused-ring (bicyclic) bond motifs is 1. The molecule has 0 fully saturated rings. The predicted octanol–water partition coefficient (Wildman–Crippen LogP) is 2.80. The molecule has 0 saturated heterocycles. The van der Waals surface area contributed by atoms with Crippen LogP contribution < -0.4 is 10.1 Å². The summed E-state index contributed by atoms with van der Waals surface area (Å²) in [6, 6.07) is 6.48. The van der Waals surface area contributed by atoms with E-state index in [-0.39, 0.29) is 0 Å². The van der Waals surface area contributed by atoms with Crippen molar-refractivity contribution in [2.75, 3.05) is 6.61 Å². The van der Waals surface area contributed by atoms with E-state index in [2.05, 4.69) is 32.3 Å². The third-order valence-electron chi connectivity index (χ3n) is 3.44. The van der Waals surface area contributed by atoms with E-state index in [1.165, 1.54) is 5.56 Å². The Morgan fingerprint density at radius 2 is 2.42 bits per heavy atom. The smallest absolute Gasteiger partial charge is 0.124 e. The summed E-state index contributed by atoms with van der Waals surface area (Å²) in [5.41, 5.74) is 1.22. The van der Waals surface area contributed by atoms with Crippen LogP contribution in [0.1, 0.15) is 23.9 Å². The highest BCUT2D eigenvalue weighted by molar-refractivity contribution is 9.10. The SMILES string of the molecule is Cn1ccnc1CNC1CCOc2ccc(Br)cc21. The first-order chi connectivity index (χ1) is 9.24. The number of aryl methyl sites for hydroxylation is 1. The number of halogens is 1. The van der Waals surface area contributed by atoms with Crippen molar-refractivity contribution < 1.29 is 4.74 Å². The largest absolute Gasteiger partial charge is 0.493 e. The average Bonchev–Trinajstić information content (AvgIpc) is 2.82. The Hall–Kier alpha value is -1.33. The fraction of sp³-hybridized carbons (Fsp3) is 0.357. The lowest BCUT2D eigenvalue weighted by Crippen LogP contribution is -2.27. The van der Waals surface area contributed by atoms with Gasteiger partial charge in [0.1, 0.15) is 11.6 Å². The van der Waals surface area contributed by atoms with Crippen molar-refractivity contribution in [2.45, 2.75) is 19.0 Å². The molecule has 3 rings (SSSR count). The van der Waals surface area contributed by atoms with Crippen LogP contribution in [-0.2, 0) is 13.6 Å². The van der Waals surface area contributed by atoms with Crippen LogP contribution in [0.3, 0.4) is 0 Å². The maximum Gasteiger partial charge on any atom is 0.124 e. The molecular formula is C14H16BrN3O. The Labute approximate surface area is 120 Å². The molecular weight excluding hydrogens is 306 g/mol. The van der Waals surface area contributed by atoms with Crippen LogP contribution in [0.25, 0.3) is 0 Å². The van der Waals surface area contributed by atoms with E-state index in [0.717, 1.165) is 35.6 Å². The van der Waals surface area contributed by atoms with E-state index in [0.29, 0.717) is 6.04 Å². The number of nitrogens with one attached hydrogen (secondary N) is 1. The van der Waals surface area contributed by atoms with E-state index < -0.39 is 0 Å². The number of imidazole rings is 1. The second-order valence-corrected chi connectivity index (χ2v) is 5.62. The summed E-state index contributed by atoms with van der Waals surface area (Å²) in [6.07, 6.45) is 4.77. The standard InChI is InChI=1S/C14H16BrN3O/c1-18-6-5-16-14(18)9-17-12-4-7-19-13-3-2-10(15)8-11(12)13/h2-3,5-6,8,12,17H,4,7,9H2,1H3. The molecule has 1 aromatic heterocycles. The van der Waals surface area contributed by atoms with Gasteiger partial charge in [0.2, 0.25) is 0 Å². The first kappa shape index (κ1) is 12.7. The van der Waals surface area contributed by atoms with Gasteiger partial charge in [0.15, 0.2) is 0 Å². The topological polar surface area (TPSA) is 39.1 Å². The van der Waals surface area contributed by atoms with E-state index in [1.54, 1.807) is 0 Å². The molecule has 0 aliphatic carbocycles. The molecule has 4 nitrogen and oxygen atoms in total. The zero-order valence-electron chi connectivity index (χ0n) is 10.8. The molecule has 2 heterocycles. The molecule has 1 unspecified atom stereocenters. The van der Waals surface area contributed by atoms with Gasteiger partial charge in [0.05, 0.1) is 13.2 Å². The number of nitrogens with zero attached hydrogens (tertiary/aromatic N) is 2. The molecule has 1 aromatic carbocycles. The fourth-order valence-electron chi connectivity index (χ4n) is 2.36. The Bertz CT molecular complexity index is 582. The monoisotopic (exact) mass is 321 g/mol. The van der Waals surface area contributed by atoms with Gasteiger partial charge in [-0.1, -0.05) is 15.9 Å². The maximum absolute atomic E-state index is 5.69. The highest BCUT2D eigenvalue weighted by Crippen LogP contribution is 2.34. The predicted molar refractivity (Wildman–Crippen MR) is 77.0 cm³/mol. The Kier molecular flexibility index (Phi) is 3.57. The normalized spacial score (nSPS) is 17.9. The molecule has 1 atom stereocenters. The lowest BCUT2D eigenvalue weighted by molar-refractivity contribution is 0.251. The third-order valence-corrected chi connectivity index (χ3v) is 3.93. The van der Waals surface area contributed by atoms with Crippen LogP contribution >= 0.6 is 15.9 Å². The summed E-state index contributed by atoms with van der Waals surface area (Å²) in [5.74, 6) is 2.02. The summed E-state index contributed by atoms with van der Waals surface area (Å²) in [4.78, 5) is 4.33. The van der Waals surface area contributed by atoms with Crippen LogP contribution in [0.4, 0.5) is 0 Å². The molecule has 0 bridgehead atoms. The van der Waals surface area contributed by atoms with Crippen LogP contribution in [0.5, 0.6) is 5.75 Å². The molecule has 0 amide bonds. The Morgan fingerprint density at radius 3 is 3.21 bits per heavy atom. The van der Waals surface area contributed by atoms with E-state index in [1.807, 2.05) is 36.1 Å². The van der Waals surface area contributed by atoms with Crippen molar-refractivity contribution in [3.63, 3.8) is 0 Å². The summed E-state index contributed by atoms with van der Waals surface area (Å²) in [5, 5.41) is 3.56. The highest BCUT2D eigenvalue weighted by atomic mass is 79.9. The first-order valence-electron chi connectivity index (χ1n) is 6.36. The molecule has 0 spiro atoms. The second-order valence-electron chi connectivity index (χ2n) is 4.71. The lowest BCUT2D eigenvalue weighted by atomic mass is 10.0. The number of hydrogen-bond donors (Lipinski definition) is 1. The maximum atomic E-state index is 5.69. The first-order valence-corrected chi connectivity index (χ1v) is 7.15. The van der Waals surface area contributed by atoms with Gasteiger partial charge in [0.25, 0.3) is 0 Å². The third kappa shape index (κ3) is 2.67. The second kappa shape index (κ2) is 5.35. The number of rotatable bonds is 3. The summed E-state index contributed by atoms with van der Waals surface area (Å²) >= 11 is 3.52. The fourth-order valence-corrected chi connectivity index (χ4v) is 2.74. The van der Waals surface area contributed by atoms with Crippen molar-refractivity contribution in [3.8, 4) is 5.75 Å². The van der Waals surface area contributed by atoms with Gasteiger partial charge in [0, 0.05) is 41.9 Å². The van der Waals surface area contributed by atoms with Crippen molar-refractivity contribution in [1.29, 1.82) is 0 Å². The van der Waals surface area contributed by atoms with Gasteiger partial charge in [-0.15, -0.1) is 0 Å². The minimum absolute atomic E-state index is 0.318. The Morgan fingerprint density at radius 1 is 1.53 bits per heavy atom. The van der Waals surface area contributed by atoms with E-state index in [9.17, 15) is 0 Å². The van der Waals surface area contributed by atoms with Crippen molar-refractivity contribution in [2.24, 2.45) is 7.05 Å². The zero-order valence-corrected chi connectivity index (χ0v) is 12.4. The van der Waals surface area contributed by atoms with Crippen LogP contribution in [0, 0.1) is 0 Å². The van der Waals surface area contributed by atoms with Crippen molar-refractivity contribution in [3.05, 3.63) is 46.5 Å². The van der Waals surface area contributed by atoms with Gasteiger partial charge in [-0.2, -0.15) is 0 Å². The summed E-state index contributed by atoms with van der Waals surface area (Å²) in [6.45, 7) is 1.52. The molecule has 1 aliphatic heterocycles. The van der Waals surface area contributed by atoms with E-state index >= 15 is 0 Å². The molecule has 2 aromatic rings. The molecule has 0 saturated carbocycles. The van der Waals surface area contributed by atoms with Crippen molar-refractivity contribution >= 4 is 15.9 Å². The average molecular weight is 322 g/mol. The number of aromatic nitrogens is 2. The Balaban J connectivity index is 1.76. The molecule has 5 heteroatoms. The number of benzene rings is 1. The van der Waals surface area contributed by atoms with Crippen molar-refractivity contribution in [1.82, 2.24) is 14.9 Å². The van der Waals surface area contributed by atoms with Crippen LogP contribution in [0.2, 0.25) is 0 Å². The molecule has 100 valence electrons. The van der Waals surface area contributed by atoms with Gasteiger partial charge < -0.3 is 14.6 Å². The molecule has 1 aliphatic rings. The van der Waals surface area contributed by atoms with Gasteiger partial charge in [-0.25, -0.2) is 4.98 Å². The van der Waals surface area contributed by atoms with Gasteiger partial charge in [-0.05, 0) is 18.2 Å². The molecule has 0 radical (unpaired) electrons. The van der Waals surface area contributed by atoms with E-state index in [4.69, 9.17) is 4.74 Å². The summed E-state index contributed by atoms with van der Waals surface area (Å²) in [7, 11) is 2.01. The molecule has 19 heavy (non-hydrogen) atoms. The quantitative estimate of drug-likeness (QED) is 0.944.